The quantitative estimate of drug-likeness (QED) is 0.850. The van der Waals surface area contributed by atoms with Gasteiger partial charge in [0.05, 0.1) is 11.9 Å². The van der Waals surface area contributed by atoms with Gasteiger partial charge in [0.25, 0.3) is 0 Å². The molecule has 1 aliphatic heterocycles. The van der Waals surface area contributed by atoms with Gasteiger partial charge in [-0.05, 0) is 18.6 Å². The highest BCUT2D eigenvalue weighted by atomic mass is 16.2. The number of nitrogens with zero attached hydrogens (tertiary/aromatic N) is 3. The fraction of sp³-hybridized carbons (Fsp3) is 0.538. The maximum absolute atomic E-state index is 11.8. The molecule has 2 amide bonds. The van der Waals surface area contributed by atoms with Crippen molar-refractivity contribution in [2.75, 3.05) is 43.4 Å². The van der Waals surface area contributed by atoms with Crippen LogP contribution < -0.4 is 16.0 Å². The minimum absolute atomic E-state index is 0.0388. The molecule has 0 radical (unpaired) electrons. The third-order valence-corrected chi connectivity index (χ3v) is 3.23. The number of hydrogen-bond donors (Lipinski definition) is 2. The molecule has 1 aromatic rings. The van der Waals surface area contributed by atoms with E-state index in [4.69, 9.17) is 5.73 Å². The number of amides is 2. The van der Waals surface area contributed by atoms with Crippen molar-refractivity contribution in [1.82, 2.24) is 15.2 Å². The van der Waals surface area contributed by atoms with Gasteiger partial charge in [-0.15, -0.1) is 0 Å². The summed E-state index contributed by atoms with van der Waals surface area (Å²) in [6.07, 6.45) is 2.74. The molecule has 0 atom stereocenters. The van der Waals surface area contributed by atoms with Gasteiger partial charge in [0.15, 0.2) is 0 Å². The number of piperazine rings is 1. The van der Waals surface area contributed by atoms with Gasteiger partial charge in [-0.3, -0.25) is 0 Å². The highest BCUT2D eigenvalue weighted by Gasteiger charge is 2.20. The van der Waals surface area contributed by atoms with Gasteiger partial charge in [-0.2, -0.15) is 0 Å². The minimum atomic E-state index is 0.0388. The summed E-state index contributed by atoms with van der Waals surface area (Å²) in [5.41, 5.74) is 6.63. The molecule has 0 aromatic carbocycles. The van der Waals surface area contributed by atoms with Crippen LogP contribution in [0.2, 0.25) is 0 Å². The van der Waals surface area contributed by atoms with Crippen molar-refractivity contribution in [3.63, 3.8) is 0 Å². The molecule has 2 rings (SSSR count). The first kappa shape index (κ1) is 13.5. The zero-order chi connectivity index (χ0) is 13.7. The minimum Gasteiger partial charge on any atom is -0.384 e. The molecule has 0 saturated carbocycles. The van der Waals surface area contributed by atoms with E-state index in [1.165, 1.54) is 0 Å². The fourth-order valence-electron chi connectivity index (χ4n) is 2.10. The van der Waals surface area contributed by atoms with Crippen LogP contribution in [-0.4, -0.2) is 48.6 Å². The van der Waals surface area contributed by atoms with Crippen LogP contribution in [0.5, 0.6) is 0 Å². The molecule has 1 aliphatic rings. The fourth-order valence-corrected chi connectivity index (χ4v) is 2.10. The van der Waals surface area contributed by atoms with Crippen molar-refractivity contribution in [3.8, 4) is 0 Å². The number of carbonyl (C=O) groups excluding carboxylic acids is 1. The van der Waals surface area contributed by atoms with E-state index in [1.54, 1.807) is 12.3 Å². The van der Waals surface area contributed by atoms with E-state index in [0.29, 0.717) is 5.82 Å². The lowest BCUT2D eigenvalue weighted by atomic mass is 10.3. The van der Waals surface area contributed by atoms with Crippen molar-refractivity contribution < 1.29 is 4.79 Å². The summed E-state index contributed by atoms with van der Waals surface area (Å²) in [7, 11) is 0. The van der Waals surface area contributed by atoms with Crippen LogP contribution in [0.3, 0.4) is 0 Å². The molecule has 2 heterocycles. The number of carbonyl (C=O) groups is 1. The van der Waals surface area contributed by atoms with Crippen molar-refractivity contribution in [2.45, 2.75) is 13.3 Å². The summed E-state index contributed by atoms with van der Waals surface area (Å²) in [5.74, 6) is 0.529. The molecule has 104 valence electrons. The van der Waals surface area contributed by atoms with Crippen molar-refractivity contribution in [2.24, 2.45) is 0 Å². The molecule has 0 aliphatic carbocycles. The number of anilines is 2. The lowest BCUT2D eigenvalue weighted by Gasteiger charge is -2.35. The molecule has 19 heavy (non-hydrogen) atoms. The highest BCUT2D eigenvalue weighted by molar-refractivity contribution is 5.74. The zero-order valence-electron chi connectivity index (χ0n) is 11.3. The maximum Gasteiger partial charge on any atom is 0.317 e. The van der Waals surface area contributed by atoms with Crippen LogP contribution >= 0.6 is 0 Å². The summed E-state index contributed by atoms with van der Waals surface area (Å²) in [6.45, 7) is 5.91. The van der Waals surface area contributed by atoms with E-state index in [-0.39, 0.29) is 6.03 Å². The number of nitrogens with two attached hydrogens (primary N) is 1. The average Bonchev–Trinajstić information content (AvgIpc) is 2.46. The monoisotopic (exact) mass is 263 g/mol. The topological polar surface area (TPSA) is 74.5 Å². The number of urea groups is 1. The Morgan fingerprint density at radius 3 is 2.68 bits per heavy atom. The maximum atomic E-state index is 11.8. The summed E-state index contributed by atoms with van der Waals surface area (Å²) in [5, 5.41) is 2.90. The Balaban J connectivity index is 1.85. The molecule has 0 spiro atoms. The van der Waals surface area contributed by atoms with E-state index < -0.39 is 0 Å². The lowest BCUT2D eigenvalue weighted by Crippen LogP contribution is -2.52. The van der Waals surface area contributed by atoms with Crippen LogP contribution in [0.1, 0.15) is 13.3 Å². The predicted octanol–water partition coefficient (Wildman–Crippen LogP) is 0.905. The van der Waals surface area contributed by atoms with Crippen LogP contribution in [-0.2, 0) is 0 Å². The molecular formula is C13H21N5O. The van der Waals surface area contributed by atoms with Gasteiger partial charge in [-0.25, -0.2) is 9.78 Å². The number of hydrogen-bond acceptors (Lipinski definition) is 4. The Hall–Kier alpha value is -1.98. The second-order valence-corrected chi connectivity index (χ2v) is 4.65. The Bertz CT molecular complexity index is 412. The number of rotatable bonds is 3. The standard InChI is InChI=1S/C13H21N5O/c1-2-5-15-13(19)18-8-6-17(7-9-18)11-3-4-12(14)16-10-11/h3-4,10H,2,5-9H2,1H3,(H2,14,16)(H,15,19). The Morgan fingerprint density at radius 1 is 1.37 bits per heavy atom. The van der Waals surface area contributed by atoms with Crippen molar-refractivity contribution >= 4 is 17.5 Å². The summed E-state index contributed by atoms with van der Waals surface area (Å²) in [6, 6.07) is 3.81. The summed E-state index contributed by atoms with van der Waals surface area (Å²) >= 11 is 0. The molecule has 1 saturated heterocycles. The Labute approximate surface area is 113 Å². The normalized spacial score (nSPS) is 15.4. The van der Waals surface area contributed by atoms with Gasteiger partial charge < -0.3 is 20.9 Å². The molecule has 1 aromatic heterocycles. The molecule has 6 nitrogen and oxygen atoms in total. The number of nitrogen functional groups attached to an aromatic ring is 1. The molecule has 0 unspecified atom stereocenters. The predicted molar refractivity (Wildman–Crippen MR) is 76.1 cm³/mol. The third kappa shape index (κ3) is 3.49. The summed E-state index contributed by atoms with van der Waals surface area (Å²) < 4.78 is 0. The smallest absolute Gasteiger partial charge is 0.317 e. The SMILES string of the molecule is CCCNC(=O)N1CCN(c2ccc(N)nc2)CC1. The first-order valence-corrected chi connectivity index (χ1v) is 6.70. The molecule has 3 N–H and O–H groups in total. The van der Waals surface area contributed by atoms with E-state index in [1.807, 2.05) is 17.9 Å². The first-order valence-electron chi connectivity index (χ1n) is 6.70. The van der Waals surface area contributed by atoms with Crippen molar-refractivity contribution in [3.05, 3.63) is 18.3 Å². The number of nitrogens with one attached hydrogen (secondary N) is 1. The zero-order valence-corrected chi connectivity index (χ0v) is 11.3. The molecule has 0 bridgehead atoms. The first-order chi connectivity index (χ1) is 9.20. The third-order valence-electron chi connectivity index (χ3n) is 3.23. The van der Waals surface area contributed by atoms with Gasteiger partial charge in [-0.1, -0.05) is 6.92 Å². The molecule has 6 heteroatoms. The number of pyridine rings is 1. The molecule has 1 fully saturated rings. The Kier molecular flexibility index (Phi) is 4.43. The van der Waals surface area contributed by atoms with E-state index in [9.17, 15) is 4.79 Å². The largest absolute Gasteiger partial charge is 0.384 e. The average molecular weight is 263 g/mol. The van der Waals surface area contributed by atoms with Gasteiger partial charge >= 0.3 is 6.03 Å². The van der Waals surface area contributed by atoms with Crippen LogP contribution in [0.25, 0.3) is 0 Å². The van der Waals surface area contributed by atoms with Gasteiger partial charge in [0.1, 0.15) is 5.82 Å². The summed E-state index contributed by atoms with van der Waals surface area (Å²) in [4.78, 5) is 20.0. The van der Waals surface area contributed by atoms with E-state index >= 15 is 0 Å². The van der Waals surface area contributed by atoms with Crippen LogP contribution in [0.4, 0.5) is 16.3 Å². The lowest BCUT2D eigenvalue weighted by molar-refractivity contribution is 0.194. The van der Waals surface area contributed by atoms with Crippen LogP contribution in [0.15, 0.2) is 18.3 Å². The van der Waals surface area contributed by atoms with Gasteiger partial charge in [0, 0.05) is 32.7 Å². The second-order valence-electron chi connectivity index (χ2n) is 4.65. The van der Waals surface area contributed by atoms with E-state index in [0.717, 1.165) is 44.8 Å². The highest BCUT2D eigenvalue weighted by Crippen LogP contribution is 2.16. The Morgan fingerprint density at radius 2 is 2.11 bits per heavy atom. The van der Waals surface area contributed by atoms with Crippen LogP contribution in [0, 0.1) is 0 Å². The van der Waals surface area contributed by atoms with Gasteiger partial charge in [0.2, 0.25) is 0 Å². The molecular weight excluding hydrogens is 242 g/mol. The second kappa shape index (κ2) is 6.26. The van der Waals surface area contributed by atoms with Crippen molar-refractivity contribution in [1.29, 1.82) is 0 Å². The number of aromatic nitrogens is 1. The van der Waals surface area contributed by atoms with E-state index in [2.05, 4.69) is 15.2 Å².